The topological polar surface area (TPSA) is 49.7 Å². The minimum absolute atomic E-state index is 0.0801. The molecule has 2 aromatic carbocycles. The molecule has 2 aromatic rings. The second kappa shape index (κ2) is 7.22. The molecule has 0 spiro atoms. The minimum atomic E-state index is -3.08. The third kappa shape index (κ3) is 3.93. The Labute approximate surface area is 170 Å². The van der Waals surface area contributed by atoms with Crippen LogP contribution in [0, 0.1) is 12.7 Å². The standard InChI is InChI=1S/C19H18BrFN2O2S2/c1-12-2-6-15(7-3-12)23-18-11-27(24,25)10-17(18)22-19(23)26-9-13-4-5-14(20)8-16(13)21/h2-8,17-18H,9-11H2,1H3/t17-,18-/m0/s1. The Bertz CT molecular complexity index is 1010. The number of sulfone groups is 1. The Hall–Kier alpha value is -1.38. The van der Waals surface area contributed by atoms with Crippen LogP contribution in [0.4, 0.5) is 10.1 Å². The lowest BCUT2D eigenvalue weighted by atomic mass is 10.1. The summed E-state index contributed by atoms with van der Waals surface area (Å²) >= 11 is 4.71. The molecule has 0 N–H and O–H groups in total. The zero-order chi connectivity index (χ0) is 19.2. The lowest BCUT2D eigenvalue weighted by molar-refractivity contribution is 0.601. The van der Waals surface area contributed by atoms with Gasteiger partial charge in [0.05, 0.1) is 23.6 Å². The molecule has 4 nitrogen and oxygen atoms in total. The van der Waals surface area contributed by atoms with Crippen LogP contribution in [0.2, 0.25) is 0 Å². The summed E-state index contributed by atoms with van der Waals surface area (Å²) in [5.74, 6) is 0.356. The number of anilines is 1. The summed E-state index contributed by atoms with van der Waals surface area (Å²) in [5.41, 5.74) is 2.66. The Balaban J connectivity index is 1.61. The molecule has 0 saturated carbocycles. The summed E-state index contributed by atoms with van der Waals surface area (Å²) in [6.07, 6.45) is 0. The smallest absolute Gasteiger partial charge is 0.164 e. The number of aryl methyl sites for hydroxylation is 1. The molecule has 27 heavy (non-hydrogen) atoms. The molecule has 0 radical (unpaired) electrons. The second-order valence-corrected chi connectivity index (χ2v) is 10.9. The second-order valence-electron chi connectivity index (χ2n) is 6.85. The van der Waals surface area contributed by atoms with Crippen LogP contribution in [0.25, 0.3) is 0 Å². The summed E-state index contributed by atoms with van der Waals surface area (Å²) in [7, 11) is -3.08. The Morgan fingerprint density at radius 1 is 1.22 bits per heavy atom. The van der Waals surface area contributed by atoms with Gasteiger partial charge in [0.1, 0.15) is 5.82 Å². The predicted molar refractivity (Wildman–Crippen MR) is 113 cm³/mol. The van der Waals surface area contributed by atoms with Crippen LogP contribution in [-0.2, 0) is 15.6 Å². The van der Waals surface area contributed by atoms with E-state index in [1.54, 1.807) is 6.07 Å². The lowest BCUT2D eigenvalue weighted by Gasteiger charge is -2.26. The van der Waals surface area contributed by atoms with Crippen molar-refractivity contribution in [3.8, 4) is 0 Å². The van der Waals surface area contributed by atoms with Crippen LogP contribution in [0.5, 0.6) is 0 Å². The number of benzene rings is 2. The highest BCUT2D eigenvalue weighted by molar-refractivity contribution is 9.10. The van der Waals surface area contributed by atoms with E-state index in [2.05, 4.69) is 20.9 Å². The molecular formula is C19H18BrFN2O2S2. The molecular weight excluding hydrogens is 451 g/mol. The van der Waals surface area contributed by atoms with E-state index >= 15 is 0 Å². The number of amidine groups is 1. The molecule has 0 aromatic heterocycles. The van der Waals surface area contributed by atoms with Crippen molar-refractivity contribution in [1.82, 2.24) is 0 Å². The first-order valence-electron chi connectivity index (χ1n) is 8.53. The molecule has 2 aliphatic rings. The van der Waals surface area contributed by atoms with Gasteiger partial charge in [0.25, 0.3) is 0 Å². The zero-order valence-electron chi connectivity index (χ0n) is 14.6. The first-order chi connectivity index (χ1) is 12.8. The molecule has 2 heterocycles. The fourth-order valence-electron chi connectivity index (χ4n) is 3.42. The fraction of sp³-hybridized carbons (Fsp3) is 0.316. The highest BCUT2D eigenvalue weighted by atomic mass is 79.9. The van der Waals surface area contributed by atoms with Gasteiger partial charge in [-0.1, -0.05) is 51.5 Å². The number of hydrogen-bond donors (Lipinski definition) is 0. The van der Waals surface area contributed by atoms with Gasteiger partial charge in [0, 0.05) is 15.9 Å². The number of aliphatic imine (C=N–C) groups is 1. The van der Waals surface area contributed by atoms with E-state index in [0.29, 0.717) is 15.8 Å². The first-order valence-corrected chi connectivity index (χ1v) is 12.1. The van der Waals surface area contributed by atoms with Crippen LogP contribution < -0.4 is 4.90 Å². The van der Waals surface area contributed by atoms with Gasteiger partial charge in [-0.05, 0) is 36.8 Å². The molecule has 8 heteroatoms. The Kier molecular flexibility index (Phi) is 5.07. The summed E-state index contributed by atoms with van der Waals surface area (Å²) in [6.45, 7) is 2.01. The number of thioether (sulfide) groups is 1. The molecule has 1 fully saturated rings. The molecule has 0 amide bonds. The zero-order valence-corrected chi connectivity index (χ0v) is 17.8. The SMILES string of the molecule is Cc1ccc(N2C(SCc3ccc(Br)cc3F)=N[C@H]3CS(=O)(=O)C[C@@H]32)cc1. The van der Waals surface area contributed by atoms with E-state index in [9.17, 15) is 12.8 Å². The van der Waals surface area contributed by atoms with Crippen molar-refractivity contribution in [1.29, 1.82) is 0 Å². The van der Waals surface area contributed by atoms with Gasteiger partial charge in [0.2, 0.25) is 0 Å². The van der Waals surface area contributed by atoms with Gasteiger partial charge in [-0.2, -0.15) is 0 Å². The molecule has 142 valence electrons. The fourth-order valence-corrected chi connectivity index (χ4v) is 6.71. The van der Waals surface area contributed by atoms with E-state index in [1.807, 2.05) is 42.2 Å². The van der Waals surface area contributed by atoms with E-state index < -0.39 is 9.84 Å². The third-order valence-electron chi connectivity index (χ3n) is 4.79. The molecule has 4 rings (SSSR count). The van der Waals surface area contributed by atoms with Crippen molar-refractivity contribution >= 4 is 48.4 Å². The van der Waals surface area contributed by atoms with Crippen molar-refractivity contribution in [2.45, 2.75) is 24.8 Å². The van der Waals surface area contributed by atoms with E-state index in [4.69, 9.17) is 0 Å². The van der Waals surface area contributed by atoms with Crippen molar-refractivity contribution in [3.63, 3.8) is 0 Å². The van der Waals surface area contributed by atoms with Crippen LogP contribution in [0.3, 0.4) is 0 Å². The first kappa shape index (κ1) is 19.0. The van der Waals surface area contributed by atoms with Gasteiger partial charge in [-0.25, -0.2) is 12.8 Å². The summed E-state index contributed by atoms with van der Waals surface area (Å²) in [6, 6.07) is 12.6. The summed E-state index contributed by atoms with van der Waals surface area (Å²) in [4.78, 5) is 6.69. The number of hydrogen-bond acceptors (Lipinski definition) is 5. The molecule has 0 bridgehead atoms. The van der Waals surface area contributed by atoms with Crippen LogP contribution >= 0.6 is 27.7 Å². The lowest BCUT2D eigenvalue weighted by Crippen LogP contribution is -2.39. The van der Waals surface area contributed by atoms with Crippen LogP contribution in [-0.4, -0.2) is 37.2 Å². The van der Waals surface area contributed by atoms with Crippen molar-refractivity contribution in [2.24, 2.45) is 4.99 Å². The molecule has 1 saturated heterocycles. The highest BCUT2D eigenvalue weighted by Crippen LogP contribution is 2.36. The van der Waals surface area contributed by atoms with Gasteiger partial charge < -0.3 is 4.90 Å². The summed E-state index contributed by atoms with van der Waals surface area (Å²) < 4.78 is 39.0. The average Bonchev–Trinajstić information content (AvgIpc) is 3.06. The maximum atomic E-state index is 14.1. The minimum Gasteiger partial charge on any atom is -0.315 e. The maximum absolute atomic E-state index is 14.1. The van der Waals surface area contributed by atoms with Gasteiger partial charge >= 0.3 is 0 Å². The molecule has 2 aliphatic heterocycles. The number of fused-ring (bicyclic) bond motifs is 1. The highest BCUT2D eigenvalue weighted by Gasteiger charge is 2.47. The van der Waals surface area contributed by atoms with E-state index in [-0.39, 0.29) is 29.4 Å². The van der Waals surface area contributed by atoms with Crippen LogP contribution in [0.15, 0.2) is 51.9 Å². The Morgan fingerprint density at radius 2 is 1.96 bits per heavy atom. The number of nitrogens with zero attached hydrogens (tertiary/aromatic N) is 2. The third-order valence-corrected chi connectivity index (χ3v) is 8.00. The van der Waals surface area contributed by atoms with E-state index in [1.165, 1.54) is 17.8 Å². The molecule has 0 unspecified atom stereocenters. The largest absolute Gasteiger partial charge is 0.315 e. The monoisotopic (exact) mass is 468 g/mol. The molecule has 2 atom stereocenters. The quantitative estimate of drug-likeness (QED) is 0.677. The van der Waals surface area contributed by atoms with Gasteiger partial charge in [-0.15, -0.1) is 0 Å². The van der Waals surface area contributed by atoms with Gasteiger partial charge in [-0.3, -0.25) is 4.99 Å². The van der Waals surface area contributed by atoms with Crippen LogP contribution in [0.1, 0.15) is 11.1 Å². The maximum Gasteiger partial charge on any atom is 0.164 e. The van der Waals surface area contributed by atoms with Crippen molar-refractivity contribution in [2.75, 3.05) is 16.4 Å². The number of halogens is 2. The predicted octanol–water partition coefficient (Wildman–Crippen LogP) is 4.17. The number of rotatable bonds is 3. The van der Waals surface area contributed by atoms with E-state index in [0.717, 1.165) is 16.4 Å². The van der Waals surface area contributed by atoms with Crippen molar-refractivity contribution in [3.05, 3.63) is 63.9 Å². The summed E-state index contributed by atoms with van der Waals surface area (Å²) in [5, 5.41) is 0.756. The molecule has 0 aliphatic carbocycles. The van der Waals surface area contributed by atoms with Crippen molar-refractivity contribution < 1.29 is 12.8 Å². The average molecular weight is 469 g/mol. The normalized spacial score (nSPS) is 23.4. The van der Waals surface area contributed by atoms with Gasteiger partial charge in [0.15, 0.2) is 15.0 Å². The Morgan fingerprint density at radius 3 is 2.67 bits per heavy atom.